The zero-order valence-electron chi connectivity index (χ0n) is 17.7. The van der Waals surface area contributed by atoms with Crippen LogP contribution in [-0.2, 0) is 19.4 Å². The molecule has 160 valence electrons. The average Bonchev–Trinajstić information content (AvgIpc) is 3.62. The molecule has 0 saturated heterocycles. The summed E-state index contributed by atoms with van der Waals surface area (Å²) in [5.74, 6) is 1.03. The van der Waals surface area contributed by atoms with Crippen LogP contribution >= 0.6 is 11.3 Å². The molecule has 32 heavy (non-hydrogen) atoms. The summed E-state index contributed by atoms with van der Waals surface area (Å²) >= 11 is 1.80. The van der Waals surface area contributed by atoms with Crippen molar-refractivity contribution >= 4 is 22.3 Å². The number of fused-ring (bicyclic) bond motifs is 1. The Morgan fingerprint density at radius 1 is 1.06 bits per heavy atom. The van der Waals surface area contributed by atoms with Crippen LogP contribution in [-0.4, -0.2) is 40.2 Å². The molecule has 2 aliphatic heterocycles. The highest BCUT2D eigenvalue weighted by atomic mass is 32.1. The van der Waals surface area contributed by atoms with Gasteiger partial charge >= 0.3 is 0 Å². The third-order valence-electron chi connectivity index (χ3n) is 6.06. The van der Waals surface area contributed by atoms with Gasteiger partial charge in [-0.2, -0.15) is 5.10 Å². The van der Waals surface area contributed by atoms with E-state index in [0.717, 1.165) is 55.7 Å². The van der Waals surface area contributed by atoms with E-state index in [0.29, 0.717) is 0 Å². The summed E-state index contributed by atoms with van der Waals surface area (Å²) in [5.41, 5.74) is 6.39. The van der Waals surface area contributed by atoms with E-state index in [1.807, 2.05) is 23.1 Å². The second-order valence-electron chi connectivity index (χ2n) is 8.22. The molecule has 6 rings (SSSR count). The van der Waals surface area contributed by atoms with Crippen LogP contribution < -0.4 is 10.2 Å². The number of aliphatic imine (C=N–C) groups is 1. The second kappa shape index (κ2) is 8.24. The van der Waals surface area contributed by atoms with Crippen LogP contribution in [0, 0.1) is 0 Å². The number of hydrogen-bond acceptors (Lipinski definition) is 6. The van der Waals surface area contributed by atoms with Crippen LogP contribution in [0.5, 0.6) is 0 Å². The molecule has 4 heterocycles. The van der Waals surface area contributed by atoms with Gasteiger partial charge in [-0.25, -0.2) is 9.67 Å². The topological polar surface area (TPSA) is 58.3 Å². The zero-order chi connectivity index (χ0) is 21.3. The van der Waals surface area contributed by atoms with E-state index in [1.54, 1.807) is 17.5 Å². The molecular weight excluding hydrogens is 416 g/mol. The van der Waals surface area contributed by atoms with Crippen molar-refractivity contribution in [3.8, 4) is 5.69 Å². The first kappa shape index (κ1) is 19.3. The standard InChI is InChI=1S/C25H24N6S/c1-9-29-31(12-1)22-6-2-18(3-7-22)14-23-16-28-25(32-23)30-13-8-19-4-5-20(15-21(19)17-30)24-26-10-11-27-24/h1-7,9,12,15-16H,8,10-11,13-14,17H2,(H,26,27). The van der Waals surface area contributed by atoms with Crippen LogP contribution in [0.3, 0.4) is 0 Å². The van der Waals surface area contributed by atoms with Crippen molar-refractivity contribution in [3.63, 3.8) is 0 Å². The Morgan fingerprint density at radius 2 is 2.00 bits per heavy atom. The molecule has 0 saturated carbocycles. The van der Waals surface area contributed by atoms with Gasteiger partial charge in [0.15, 0.2) is 5.13 Å². The molecule has 6 nitrogen and oxygen atoms in total. The highest BCUT2D eigenvalue weighted by molar-refractivity contribution is 7.15. The average molecular weight is 441 g/mol. The van der Waals surface area contributed by atoms with Crippen LogP contribution in [0.25, 0.3) is 5.69 Å². The fraction of sp³-hybridized carbons (Fsp3) is 0.240. The van der Waals surface area contributed by atoms with Crippen LogP contribution in [0.15, 0.2) is 72.1 Å². The normalized spacial score (nSPS) is 15.4. The molecule has 7 heteroatoms. The summed E-state index contributed by atoms with van der Waals surface area (Å²) in [6.45, 7) is 3.72. The van der Waals surface area contributed by atoms with Crippen molar-refractivity contribution in [2.45, 2.75) is 19.4 Å². The molecule has 2 aliphatic rings. The van der Waals surface area contributed by atoms with Gasteiger partial charge < -0.3 is 10.2 Å². The Hall–Kier alpha value is -3.45. The third-order valence-corrected chi connectivity index (χ3v) is 7.12. The van der Waals surface area contributed by atoms with Gasteiger partial charge in [0, 0.05) is 55.1 Å². The molecule has 1 N–H and O–H groups in total. The molecule has 4 aromatic rings. The summed E-state index contributed by atoms with van der Waals surface area (Å²) in [6.07, 6.45) is 7.75. The minimum atomic E-state index is 0.867. The Balaban J connectivity index is 1.15. The van der Waals surface area contributed by atoms with E-state index in [-0.39, 0.29) is 0 Å². The highest BCUT2D eigenvalue weighted by Crippen LogP contribution is 2.30. The Kier molecular flexibility index (Phi) is 4.96. The Bertz CT molecular complexity index is 1260. The van der Waals surface area contributed by atoms with Crippen molar-refractivity contribution in [1.82, 2.24) is 20.1 Å². The summed E-state index contributed by atoms with van der Waals surface area (Å²) < 4.78 is 1.88. The van der Waals surface area contributed by atoms with Gasteiger partial charge in [-0.05, 0) is 47.4 Å². The molecule has 0 aliphatic carbocycles. The summed E-state index contributed by atoms with van der Waals surface area (Å²) in [6, 6.07) is 17.3. The maximum atomic E-state index is 4.76. The molecule has 0 bridgehead atoms. The maximum Gasteiger partial charge on any atom is 0.185 e. The van der Waals surface area contributed by atoms with Crippen LogP contribution in [0.2, 0.25) is 0 Å². The van der Waals surface area contributed by atoms with Crippen LogP contribution in [0.4, 0.5) is 5.13 Å². The number of rotatable bonds is 5. The number of hydrogen-bond donors (Lipinski definition) is 1. The van der Waals surface area contributed by atoms with Gasteiger partial charge in [-0.15, -0.1) is 11.3 Å². The van der Waals surface area contributed by atoms with E-state index in [9.17, 15) is 0 Å². The fourth-order valence-corrected chi connectivity index (χ4v) is 5.34. The molecule has 2 aromatic heterocycles. The van der Waals surface area contributed by atoms with Gasteiger partial charge in [-0.3, -0.25) is 4.99 Å². The Morgan fingerprint density at radius 3 is 2.81 bits per heavy atom. The van der Waals surface area contributed by atoms with E-state index in [2.05, 4.69) is 62.8 Å². The van der Waals surface area contributed by atoms with Crippen molar-refractivity contribution < 1.29 is 0 Å². The van der Waals surface area contributed by atoms with E-state index < -0.39 is 0 Å². The lowest BCUT2D eigenvalue weighted by Gasteiger charge is -2.28. The number of amidine groups is 1. The Labute approximate surface area is 191 Å². The molecule has 0 unspecified atom stereocenters. The first-order valence-corrected chi connectivity index (χ1v) is 11.8. The molecule has 0 amide bonds. The first-order valence-electron chi connectivity index (χ1n) is 11.0. The van der Waals surface area contributed by atoms with Gasteiger partial charge in [0.1, 0.15) is 5.84 Å². The monoisotopic (exact) mass is 440 g/mol. The molecule has 0 atom stereocenters. The smallest absolute Gasteiger partial charge is 0.185 e. The van der Waals surface area contributed by atoms with Crippen molar-refractivity contribution in [2.75, 3.05) is 24.5 Å². The summed E-state index contributed by atoms with van der Waals surface area (Å²) in [4.78, 5) is 13.0. The number of benzene rings is 2. The largest absolute Gasteiger partial charge is 0.368 e. The predicted octanol–water partition coefficient (Wildman–Crippen LogP) is 3.83. The summed E-state index contributed by atoms with van der Waals surface area (Å²) in [7, 11) is 0. The first-order chi connectivity index (χ1) is 15.8. The second-order valence-corrected chi connectivity index (χ2v) is 9.31. The SMILES string of the molecule is c1cnn(-c2ccc(Cc3cnc(N4CCc5ccc(C6=NCCN6)cc5C4)s3)cc2)c1. The fourth-order valence-electron chi connectivity index (χ4n) is 4.37. The minimum Gasteiger partial charge on any atom is -0.368 e. The van der Waals surface area contributed by atoms with Gasteiger partial charge in [0.25, 0.3) is 0 Å². The molecule has 2 aromatic carbocycles. The van der Waals surface area contributed by atoms with E-state index in [1.165, 1.54) is 27.1 Å². The van der Waals surface area contributed by atoms with Crippen molar-refractivity contribution in [1.29, 1.82) is 0 Å². The zero-order valence-corrected chi connectivity index (χ0v) is 18.6. The number of anilines is 1. The molecular formula is C25H24N6S. The van der Waals surface area contributed by atoms with Gasteiger partial charge in [-0.1, -0.05) is 24.3 Å². The lowest BCUT2D eigenvalue weighted by molar-refractivity contribution is 0.728. The summed E-state index contributed by atoms with van der Waals surface area (Å²) in [5, 5.41) is 8.79. The molecule has 0 radical (unpaired) electrons. The third kappa shape index (κ3) is 3.80. The number of aromatic nitrogens is 3. The minimum absolute atomic E-state index is 0.867. The lowest BCUT2D eigenvalue weighted by Crippen LogP contribution is -2.30. The van der Waals surface area contributed by atoms with Gasteiger partial charge in [0.05, 0.1) is 12.2 Å². The van der Waals surface area contributed by atoms with Crippen LogP contribution in [0.1, 0.15) is 27.1 Å². The van der Waals surface area contributed by atoms with E-state index in [4.69, 9.17) is 4.98 Å². The van der Waals surface area contributed by atoms with Crippen molar-refractivity contribution in [2.24, 2.45) is 4.99 Å². The number of thiazole rings is 1. The van der Waals surface area contributed by atoms with E-state index >= 15 is 0 Å². The number of nitrogens with zero attached hydrogens (tertiary/aromatic N) is 5. The lowest BCUT2D eigenvalue weighted by atomic mass is 9.97. The molecule has 0 fully saturated rings. The maximum absolute atomic E-state index is 4.76. The number of nitrogens with one attached hydrogen (secondary N) is 1. The van der Waals surface area contributed by atoms with Gasteiger partial charge in [0.2, 0.25) is 0 Å². The van der Waals surface area contributed by atoms with Crippen molar-refractivity contribution in [3.05, 3.63) is 94.3 Å². The quantitative estimate of drug-likeness (QED) is 0.512. The molecule has 0 spiro atoms. The predicted molar refractivity (Wildman–Crippen MR) is 129 cm³/mol. The highest BCUT2D eigenvalue weighted by Gasteiger charge is 2.20.